The lowest BCUT2D eigenvalue weighted by Gasteiger charge is -2.11. The zero-order valence-corrected chi connectivity index (χ0v) is 10.1. The molecular weight excluding hydrogens is 251 g/mol. The van der Waals surface area contributed by atoms with Crippen LogP contribution in [0.4, 0.5) is 0 Å². The van der Waals surface area contributed by atoms with Crippen LogP contribution in [-0.2, 0) is 0 Å². The average molecular weight is 259 g/mol. The van der Waals surface area contributed by atoms with E-state index in [2.05, 4.69) is 9.97 Å². The number of hydrogen-bond acceptors (Lipinski definition) is 4. The summed E-state index contributed by atoms with van der Waals surface area (Å²) >= 11 is 12.0. The van der Waals surface area contributed by atoms with Crippen molar-refractivity contribution < 1.29 is 9.47 Å². The molecule has 2 aromatic rings. The van der Waals surface area contributed by atoms with Crippen LogP contribution >= 0.6 is 23.2 Å². The fourth-order valence-corrected chi connectivity index (χ4v) is 1.93. The summed E-state index contributed by atoms with van der Waals surface area (Å²) in [6.07, 6.45) is 1.36. The monoisotopic (exact) mass is 258 g/mol. The van der Waals surface area contributed by atoms with Gasteiger partial charge in [-0.1, -0.05) is 23.2 Å². The van der Waals surface area contributed by atoms with E-state index in [1.54, 1.807) is 6.07 Å². The highest BCUT2D eigenvalue weighted by Gasteiger charge is 2.16. The average Bonchev–Trinajstić information content (AvgIpc) is 2.28. The van der Waals surface area contributed by atoms with Crippen molar-refractivity contribution in [3.05, 3.63) is 22.6 Å². The number of hydrogen-bond donors (Lipinski definition) is 0. The van der Waals surface area contributed by atoms with Crippen LogP contribution in [0.1, 0.15) is 0 Å². The second-order valence-electron chi connectivity index (χ2n) is 2.99. The van der Waals surface area contributed by atoms with E-state index in [-0.39, 0.29) is 0 Å². The van der Waals surface area contributed by atoms with E-state index in [9.17, 15) is 0 Å². The summed E-state index contributed by atoms with van der Waals surface area (Å²) < 4.78 is 10.4. The van der Waals surface area contributed by atoms with Gasteiger partial charge in [0.15, 0.2) is 11.5 Å². The first-order chi connectivity index (χ1) is 7.69. The predicted octanol–water partition coefficient (Wildman–Crippen LogP) is 2.95. The predicted molar refractivity (Wildman–Crippen MR) is 62.7 cm³/mol. The van der Waals surface area contributed by atoms with Gasteiger partial charge in [-0.25, -0.2) is 9.97 Å². The van der Waals surface area contributed by atoms with Crippen molar-refractivity contribution in [2.75, 3.05) is 14.2 Å². The highest BCUT2D eigenvalue weighted by molar-refractivity contribution is 6.36. The summed E-state index contributed by atoms with van der Waals surface area (Å²) in [6, 6.07) is 1.65. The van der Waals surface area contributed by atoms with Gasteiger partial charge < -0.3 is 9.47 Å². The third-order valence-corrected chi connectivity index (χ3v) is 2.73. The summed E-state index contributed by atoms with van der Waals surface area (Å²) in [7, 11) is 3.03. The SMILES string of the molecule is COc1c(Cl)cc2c(Cl)ncnc2c1OC. The maximum absolute atomic E-state index is 6.04. The van der Waals surface area contributed by atoms with E-state index in [0.717, 1.165) is 0 Å². The molecule has 16 heavy (non-hydrogen) atoms. The van der Waals surface area contributed by atoms with Crippen LogP contribution in [-0.4, -0.2) is 24.2 Å². The van der Waals surface area contributed by atoms with Gasteiger partial charge in [-0.15, -0.1) is 0 Å². The number of methoxy groups -OCH3 is 2. The largest absolute Gasteiger partial charge is 0.491 e. The molecule has 1 aromatic heterocycles. The Morgan fingerprint density at radius 3 is 2.38 bits per heavy atom. The Kier molecular flexibility index (Phi) is 3.03. The molecule has 0 spiro atoms. The van der Waals surface area contributed by atoms with Crippen molar-refractivity contribution in [3.8, 4) is 11.5 Å². The van der Waals surface area contributed by atoms with E-state index in [4.69, 9.17) is 32.7 Å². The van der Waals surface area contributed by atoms with E-state index in [1.807, 2.05) is 0 Å². The topological polar surface area (TPSA) is 44.2 Å². The molecule has 0 amide bonds. The molecule has 0 N–H and O–H groups in total. The summed E-state index contributed by atoms with van der Waals surface area (Å²) in [5, 5.41) is 1.36. The molecule has 4 nitrogen and oxygen atoms in total. The quantitative estimate of drug-likeness (QED) is 0.778. The van der Waals surface area contributed by atoms with E-state index < -0.39 is 0 Å². The summed E-state index contributed by atoms with van der Waals surface area (Å²) in [4.78, 5) is 7.98. The van der Waals surface area contributed by atoms with Crippen LogP contribution in [0.3, 0.4) is 0 Å². The van der Waals surface area contributed by atoms with Crippen LogP contribution < -0.4 is 9.47 Å². The maximum Gasteiger partial charge on any atom is 0.188 e. The smallest absolute Gasteiger partial charge is 0.188 e. The first-order valence-electron chi connectivity index (χ1n) is 4.39. The van der Waals surface area contributed by atoms with Crippen LogP contribution in [0, 0.1) is 0 Å². The van der Waals surface area contributed by atoms with E-state index in [1.165, 1.54) is 20.5 Å². The number of benzene rings is 1. The standard InChI is InChI=1S/C10H8Cl2N2O2/c1-15-8-6(11)3-5-7(9(8)16-2)13-4-14-10(5)12/h3-4H,1-2H3. The number of halogens is 2. The van der Waals surface area contributed by atoms with Crippen molar-refractivity contribution in [2.45, 2.75) is 0 Å². The highest BCUT2D eigenvalue weighted by Crippen LogP contribution is 2.41. The molecule has 84 valence electrons. The Morgan fingerprint density at radius 2 is 1.75 bits per heavy atom. The Labute approximate surface area is 102 Å². The van der Waals surface area contributed by atoms with Crippen LogP contribution in [0.25, 0.3) is 10.9 Å². The summed E-state index contributed by atoms with van der Waals surface area (Å²) in [6.45, 7) is 0. The third-order valence-electron chi connectivity index (χ3n) is 2.15. The van der Waals surface area contributed by atoms with Crippen molar-refractivity contribution in [3.63, 3.8) is 0 Å². The molecule has 0 radical (unpaired) electrons. The van der Waals surface area contributed by atoms with Gasteiger partial charge in [-0.3, -0.25) is 0 Å². The zero-order chi connectivity index (χ0) is 11.7. The van der Waals surface area contributed by atoms with Crippen LogP contribution in [0.15, 0.2) is 12.4 Å². The minimum absolute atomic E-state index is 0.327. The van der Waals surface area contributed by atoms with Crippen molar-refractivity contribution in [1.29, 1.82) is 0 Å². The molecule has 0 aliphatic rings. The number of fused-ring (bicyclic) bond motifs is 1. The van der Waals surface area contributed by atoms with E-state index in [0.29, 0.717) is 32.6 Å². The molecule has 0 saturated carbocycles. The van der Waals surface area contributed by atoms with Gasteiger partial charge in [0.25, 0.3) is 0 Å². The van der Waals surface area contributed by atoms with Gasteiger partial charge in [-0.05, 0) is 6.07 Å². The van der Waals surface area contributed by atoms with Crippen molar-refractivity contribution in [1.82, 2.24) is 9.97 Å². The van der Waals surface area contributed by atoms with Gasteiger partial charge in [0.1, 0.15) is 17.0 Å². The Balaban J connectivity index is 2.90. The Morgan fingerprint density at radius 1 is 1.06 bits per heavy atom. The Bertz CT molecular complexity index is 546. The third kappa shape index (κ3) is 1.64. The second kappa shape index (κ2) is 4.31. The molecule has 2 rings (SSSR count). The van der Waals surface area contributed by atoms with Gasteiger partial charge >= 0.3 is 0 Å². The second-order valence-corrected chi connectivity index (χ2v) is 3.75. The number of rotatable bonds is 2. The molecule has 0 bridgehead atoms. The first-order valence-corrected chi connectivity index (χ1v) is 5.15. The number of aromatic nitrogens is 2. The lowest BCUT2D eigenvalue weighted by Crippen LogP contribution is -1.95. The van der Waals surface area contributed by atoms with Gasteiger partial charge in [0, 0.05) is 5.39 Å². The molecule has 1 aromatic carbocycles. The molecular formula is C10H8Cl2N2O2. The van der Waals surface area contributed by atoms with Crippen LogP contribution in [0.5, 0.6) is 11.5 Å². The minimum Gasteiger partial charge on any atom is -0.491 e. The minimum atomic E-state index is 0.327. The highest BCUT2D eigenvalue weighted by atomic mass is 35.5. The lowest BCUT2D eigenvalue weighted by molar-refractivity contribution is 0.358. The van der Waals surface area contributed by atoms with Gasteiger partial charge in [0.05, 0.1) is 19.2 Å². The number of nitrogens with zero attached hydrogens (tertiary/aromatic N) is 2. The van der Waals surface area contributed by atoms with Gasteiger partial charge in [-0.2, -0.15) is 0 Å². The molecule has 1 heterocycles. The summed E-state index contributed by atoms with van der Waals surface area (Å²) in [5.74, 6) is 0.890. The summed E-state index contributed by atoms with van der Waals surface area (Å²) in [5.41, 5.74) is 0.573. The fraction of sp³-hybridized carbons (Fsp3) is 0.200. The van der Waals surface area contributed by atoms with E-state index >= 15 is 0 Å². The normalized spacial score (nSPS) is 10.5. The van der Waals surface area contributed by atoms with Crippen LogP contribution in [0.2, 0.25) is 10.2 Å². The maximum atomic E-state index is 6.04. The molecule has 0 aliphatic carbocycles. The van der Waals surface area contributed by atoms with Gasteiger partial charge in [0.2, 0.25) is 0 Å². The number of ether oxygens (including phenoxy) is 2. The lowest BCUT2D eigenvalue weighted by atomic mass is 10.2. The van der Waals surface area contributed by atoms with Crippen molar-refractivity contribution in [2.24, 2.45) is 0 Å². The zero-order valence-electron chi connectivity index (χ0n) is 8.62. The molecule has 0 unspecified atom stereocenters. The van der Waals surface area contributed by atoms with Crippen molar-refractivity contribution >= 4 is 34.1 Å². The molecule has 0 atom stereocenters. The first kappa shape index (κ1) is 11.2. The molecule has 0 saturated heterocycles. The molecule has 0 fully saturated rings. The fourth-order valence-electron chi connectivity index (χ4n) is 1.47. The Hall–Kier alpha value is -1.26. The molecule has 6 heteroatoms. The molecule has 0 aliphatic heterocycles.